The summed E-state index contributed by atoms with van der Waals surface area (Å²) in [6, 6.07) is 7.14. The van der Waals surface area contributed by atoms with Crippen molar-refractivity contribution in [3.63, 3.8) is 0 Å². The van der Waals surface area contributed by atoms with Crippen LogP contribution in [0.4, 0.5) is 0 Å². The molecule has 80 valence electrons. The maximum Gasteiger partial charge on any atom is 0.188 e. The van der Waals surface area contributed by atoms with E-state index in [4.69, 9.17) is 15.6 Å². The Hall–Kier alpha value is -1.55. The van der Waals surface area contributed by atoms with Crippen molar-refractivity contribution in [3.8, 4) is 5.75 Å². The molecule has 15 heavy (non-hydrogen) atoms. The molecule has 1 heterocycles. The number of aromatic hydroxyl groups is 1. The Balaban J connectivity index is 2.00. The number of nitrogens with zero attached hydrogens (tertiary/aromatic N) is 1. The van der Waals surface area contributed by atoms with Gasteiger partial charge in [0.05, 0.1) is 6.04 Å². The number of ether oxygens (including phenoxy) is 1. The van der Waals surface area contributed by atoms with Crippen LogP contribution in [-0.4, -0.2) is 30.2 Å². The normalized spacial score (nSPS) is 19.8. The van der Waals surface area contributed by atoms with Gasteiger partial charge in [0.1, 0.15) is 12.4 Å². The van der Waals surface area contributed by atoms with E-state index < -0.39 is 0 Å². The van der Waals surface area contributed by atoms with Gasteiger partial charge in [0, 0.05) is 13.0 Å². The zero-order valence-electron chi connectivity index (χ0n) is 8.39. The van der Waals surface area contributed by atoms with Crippen LogP contribution in [0.25, 0.3) is 0 Å². The third kappa shape index (κ3) is 2.47. The van der Waals surface area contributed by atoms with E-state index in [0.29, 0.717) is 19.6 Å². The smallest absolute Gasteiger partial charge is 0.188 e. The maximum atomic E-state index is 9.12. The van der Waals surface area contributed by atoms with Gasteiger partial charge in [-0.3, -0.25) is 0 Å². The molecule has 0 aliphatic carbocycles. The van der Waals surface area contributed by atoms with Crippen LogP contribution >= 0.6 is 0 Å². The molecule has 3 N–H and O–H groups in total. The Morgan fingerprint density at radius 1 is 1.40 bits per heavy atom. The van der Waals surface area contributed by atoms with Gasteiger partial charge in [-0.1, -0.05) is 12.1 Å². The first-order valence-electron chi connectivity index (χ1n) is 4.95. The summed E-state index contributed by atoms with van der Waals surface area (Å²) in [6.07, 6.45) is 0.663. The van der Waals surface area contributed by atoms with Crippen LogP contribution in [0.15, 0.2) is 29.3 Å². The van der Waals surface area contributed by atoms with Crippen LogP contribution in [0, 0.1) is 0 Å². The highest BCUT2D eigenvalue weighted by atomic mass is 16.5. The number of rotatable bonds is 3. The largest absolute Gasteiger partial charge is 0.508 e. The fourth-order valence-corrected chi connectivity index (χ4v) is 1.48. The highest BCUT2D eigenvalue weighted by Crippen LogP contribution is 2.13. The second-order valence-electron chi connectivity index (χ2n) is 3.57. The molecule has 2 rings (SSSR count). The first-order valence-corrected chi connectivity index (χ1v) is 4.95. The van der Waals surface area contributed by atoms with E-state index in [-0.39, 0.29) is 11.8 Å². The number of hydrogen-bond acceptors (Lipinski definition) is 4. The lowest BCUT2D eigenvalue weighted by Gasteiger charge is -2.01. The Morgan fingerprint density at radius 3 is 2.73 bits per heavy atom. The van der Waals surface area contributed by atoms with E-state index in [1.165, 1.54) is 0 Å². The number of hydrogen-bond donors (Lipinski definition) is 2. The molecule has 0 fully saturated rings. The summed E-state index contributed by atoms with van der Waals surface area (Å²) in [5.74, 6) is 1.00. The van der Waals surface area contributed by atoms with Gasteiger partial charge in [0.25, 0.3) is 0 Å². The molecule has 4 nitrogen and oxygen atoms in total. The highest BCUT2D eigenvalue weighted by molar-refractivity contribution is 5.80. The molecule has 0 spiro atoms. The van der Waals surface area contributed by atoms with E-state index in [2.05, 4.69) is 4.99 Å². The minimum Gasteiger partial charge on any atom is -0.508 e. The number of benzene rings is 1. The van der Waals surface area contributed by atoms with Gasteiger partial charge in [-0.05, 0) is 17.7 Å². The molecule has 1 atom stereocenters. The maximum absolute atomic E-state index is 9.12. The van der Waals surface area contributed by atoms with Gasteiger partial charge < -0.3 is 15.6 Å². The van der Waals surface area contributed by atoms with E-state index in [1.807, 2.05) is 12.1 Å². The van der Waals surface area contributed by atoms with E-state index in [0.717, 1.165) is 11.5 Å². The summed E-state index contributed by atoms with van der Waals surface area (Å²) in [5.41, 5.74) is 6.56. The van der Waals surface area contributed by atoms with Gasteiger partial charge in [-0.2, -0.15) is 0 Å². The second kappa shape index (κ2) is 4.31. The quantitative estimate of drug-likeness (QED) is 0.764. The van der Waals surface area contributed by atoms with Crippen LogP contribution in [0.3, 0.4) is 0 Å². The van der Waals surface area contributed by atoms with E-state index in [9.17, 15) is 0 Å². The summed E-state index contributed by atoms with van der Waals surface area (Å²) >= 11 is 0. The molecule has 0 saturated carbocycles. The Labute approximate surface area is 88.4 Å². The van der Waals surface area contributed by atoms with Crippen molar-refractivity contribution in [1.29, 1.82) is 0 Å². The minimum absolute atomic E-state index is 0.108. The molecular formula is C11H14N2O2. The van der Waals surface area contributed by atoms with Crippen molar-refractivity contribution in [1.82, 2.24) is 0 Å². The fraction of sp³-hybridized carbons (Fsp3) is 0.364. The van der Waals surface area contributed by atoms with Gasteiger partial charge in [0.15, 0.2) is 5.90 Å². The standard InChI is InChI=1S/C11H14N2O2/c12-6-9-7-15-11(13-9)5-8-1-3-10(14)4-2-8/h1-4,9,14H,5-7,12H2. The summed E-state index contributed by atoms with van der Waals surface area (Å²) in [6.45, 7) is 1.11. The minimum atomic E-state index is 0.108. The van der Waals surface area contributed by atoms with Crippen molar-refractivity contribution in [2.45, 2.75) is 12.5 Å². The third-order valence-corrected chi connectivity index (χ3v) is 2.33. The van der Waals surface area contributed by atoms with Crippen molar-refractivity contribution in [2.75, 3.05) is 13.2 Å². The van der Waals surface area contributed by atoms with Crippen LogP contribution in [0.2, 0.25) is 0 Å². The van der Waals surface area contributed by atoms with Gasteiger partial charge >= 0.3 is 0 Å². The molecular weight excluding hydrogens is 192 g/mol. The molecule has 0 radical (unpaired) electrons. The number of nitrogens with two attached hydrogens (primary N) is 1. The van der Waals surface area contributed by atoms with Crippen molar-refractivity contribution < 1.29 is 9.84 Å². The lowest BCUT2D eigenvalue weighted by Crippen LogP contribution is -2.18. The molecule has 0 amide bonds. The topological polar surface area (TPSA) is 67.8 Å². The summed E-state index contributed by atoms with van der Waals surface area (Å²) in [7, 11) is 0. The van der Waals surface area contributed by atoms with Crippen LogP contribution in [0.1, 0.15) is 5.56 Å². The fourth-order valence-electron chi connectivity index (χ4n) is 1.48. The third-order valence-electron chi connectivity index (χ3n) is 2.33. The summed E-state index contributed by atoms with van der Waals surface area (Å²) < 4.78 is 5.40. The van der Waals surface area contributed by atoms with Crippen molar-refractivity contribution >= 4 is 5.90 Å². The zero-order valence-corrected chi connectivity index (χ0v) is 8.39. The molecule has 1 unspecified atom stereocenters. The SMILES string of the molecule is NCC1COC(Cc2ccc(O)cc2)=N1. The molecule has 0 aromatic heterocycles. The molecule has 1 aliphatic heterocycles. The van der Waals surface area contributed by atoms with Gasteiger partial charge in [0.2, 0.25) is 0 Å². The molecule has 1 aromatic rings. The zero-order chi connectivity index (χ0) is 10.7. The lowest BCUT2D eigenvalue weighted by molar-refractivity contribution is 0.313. The van der Waals surface area contributed by atoms with E-state index in [1.54, 1.807) is 12.1 Å². The predicted octanol–water partition coefficient (Wildman–Crippen LogP) is 0.691. The number of aliphatic imine (C=N–C) groups is 1. The van der Waals surface area contributed by atoms with Crippen molar-refractivity contribution in [2.24, 2.45) is 10.7 Å². The monoisotopic (exact) mass is 206 g/mol. The Kier molecular flexibility index (Phi) is 2.87. The molecule has 4 heteroatoms. The second-order valence-corrected chi connectivity index (χ2v) is 3.57. The molecule has 1 aromatic carbocycles. The first kappa shape index (κ1) is 9.98. The summed E-state index contributed by atoms with van der Waals surface area (Å²) in [4.78, 5) is 4.33. The van der Waals surface area contributed by atoms with Crippen LogP contribution in [-0.2, 0) is 11.2 Å². The van der Waals surface area contributed by atoms with Crippen molar-refractivity contribution in [3.05, 3.63) is 29.8 Å². The van der Waals surface area contributed by atoms with Crippen LogP contribution < -0.4 is 5.73 Å². The van der Waals surface area contributed by atoms with Gasteiger partial charge in [-0.25, -0.2) is 4.99 Å². The Morgan fingerprint density at radius 2 is 2.13 bits per heavy atom. The Bertz CT molecular complexity index is 359. The average Bonchev–Trinajstić information content (AvgIpc) is 2.69. The molecule has 0 bridgehead atoms. The molecule has 1 aliphatic rings. The lowest BCUT2D eigenvalue weighted by atomic mass is 10.1. The highest BCUT2D eigenvalue weighted by Gasteiger charge is 2.16. The predicted molar refractivity (Wildman–Crippen MR) is 58.0 cm³/mol. The number of phenols is 1. The average molecular weight is 206 g/mol. The summed E-state index contributed by atoms with van der Waals surface area (Å²) in [5, 5.41) is 9.12. The molecule has 0 saturated heterocycles. The van der Waals surface area contributed by atoms with E-state index >= 15 is 0 Å². The number of phenolic OH excluding ortho intramolecular Hbond substituents is 1. The first-order chi connectivity index (χ1) is 7.28. The van der Waals surface area contributed by atoms with Crippen LogP contribution in [0.5, 0.6) is 5.75 Å². The van der Waals surface area contributed by atoms with Gasteiger partial charge in [-0.15, -0.1) is 0 Å².